The van der Waals surface area contributed by atoms with Gasteiger partial charge in [-0.3, -0.25) is 4.84 Å². The third-order valence-electron chi connectivity index (χ3n) is 6.31. The molecule has 0 saturated carbocycles. The predicted molar refractivity (Wildman–Crippen MR) is 137 cm³/mol. The fourth-order valence-electron chi connectivity index (χ4n) is 4.56. The number of alkyl halides is 3. The molecule has 188 valence electrons. The first-order chi connectivity index (χ1) is 17.2. The highest BCUT2D eigenvalue weighted by atomic mass is 35.5. The molecule has 1 fully saturated rings. The van der Waals surface area contributed by atoms with Crippen LogP contribution in [-0.4, -0.2) is 6.61 Å². The molecule has 7 heteroatoms. The third kappa shape index (κ3) is 5.94. The molecule has 0 aromatic heterocycles. The van der Waals surface area contributed by atoms with Crippen LogP contribution in [0.2, 0.25) is 5.02 Å². The molecule has 3 aromatic carbocycles. The van der Waals surface area contributed by atoms with Crippen molar-refractivity contribution in [2.45, 2.75) is 31.5 Å². The summed E-state index contributed by atoms with van der Waals surface area (Å²) in [4.78, 5) is 6.25. The normalized spacial score (nSPS) is 17.4. The summed E-state index contributed by atoms with van der Waals surface area (Å²) in [6, 6.07) is 19.3. The van der Waals surface area contributed by atoms with Gasteiger partial charge in [-0.1, -0.05) is 35.9 Å². The van der Waals surface area contributed by atoms with Crippen LogP contribution >= 0.6 is 11.6 Å². The van der Waals surface area contributed by atoms with Gasteiger partial charge in [-0.15, -0.1) is 13.2 Å². The molecule has 1 saturated heterocycles. The Balaban J connectivity index is 1.65. The van der Waals surface area contributed by atoms with Crippen LogP contribution in [0.15, 0.2) is 98.1 Å². The van der Waals surface area contributed by atoms with Gasteiger partial charge in [-0.25, -0.2) is 5.06 Å². The summed E-state index contributed by atoms with van der Waals surface area (Å²) in [7, 11) is 0. The maximum Gasteiger partial charge on any atom is 0.416 e. The Kier molecular flexibility index (Phi) is 7.76. The van der Waals surface area contributed by atoms with Crippen molar-refractivity contribution in [3.63, 3.8) is 0 Å². The average Bonchev–Trinajstić information content (AvgIpc) is 2.86. The minimum absolute atomic E-state index is 0.309. The van der Waals surface area contributed by atoms with Crippen LogP contribution in [0.25, 0.3) is 0 Å². The standard InChI is InChI=1S/C29H27ClF3NO2/c1-3-16-28(17-4-2)19-27(21-6-5-7-22(18-21)29(31,32)33)34(35-20-28)24-10-14-26(15-11-24)36-25-12-8-23(30)9-13-25/h3-15,18,27H,1-2,16-17,19-20H2/t27-/m1/s1. The number of hydrogen-bond acceptors (Lipinski definition) is 3. The molecule has 1 aliphatic rings. The first-order valence-electron chi connectivity index (χ1n) is 11.6. The number of hydroxylamine groups is 1. The molecule has 3 nitrogen and oxygen atoms in total. The number of anilines is 1. The predicted octanol–water partition coefficient (Wildman–Crippen LogP) is 9.17. The highest BCUT2D eigenvalue weighted by molar-refractivity contribution is 6.30. The number of nitrogens with zero attached hydrogens (tertiary/aromatic N) is 1. The second-order valence-corrected chi connectivity index (χ2v) is 9.41. The van der Waals surface area contributed by atoms with Gasteiger partial charge in [0.25, 0.3) is 0 Å². The van der Waals surface area contributed by atoms with E-state index in [0.29, 0.717) is 53.6 Å². The third-order valence-corrected chi connectivity index (χ3v) is 6.57. The van der Waals surface area contributed by atoms with Gasteiger partial charge in [0.2, 0.25) is 0 Å². The van der Waals surface area contributed by atoms with Crippen molar-refractivity contribution in [3.8, 4) is 11.5 Å². The van der Waals surface area contributed by atoms with Gasteiger partial charge in [-0.2, -0.15) is 13.2 Å². The van der Waals surface area contributed by atoms with E-state index in [1.165, 1.54) is 12.1 Å². The molecule has 0 amide bonds. The molecule has 0 spiro atoms. The first kappa shape index (κ1) is 25.9. The van der Waals surface area contributed by atoms with Gasteiger partial charge in [0.15, 0.2) is 0 Å². The Hall–Kier alpha value is -3.22. The second kappa shape index (κ2) is 10.8. The highest BCUT2D eigenvalue weighted by Crippen LogP contribution is 2.47. The maximum absolute atomic E-state index is 13.5. The number of halogens is 4. The number of rotatable bonds is 8. The minimum Gasteiger partial charge on any atom is -0.457 e. The molecular weight excluding hydrogens is 487 g/mol. The van der Waals surface area contributed by atoms with E-state index >= 15 is 0 Å². The lowest BCUT2D eigenvalue weighted by Crippen LogP contribution is -2.44. The molecule has 0 N–H and O–H groups in total. The number of hydrogen-bond donors (Lipinski definition) is 0. The topological polar surface area (TPSA) is 21.7 Å². The number of benzene rings is 3. The second-order valence-electron chi connectivity index (χ2n) is 8.98. The maximum atomic E-state index is 13.5. The summed E-state index contributed by atoms with van der Waals surface area (Å²) < 4.78 is 46.4. The Morgan fingerprint density at radius 2 is 1.58 bits per heavy atom. The molecule has 3 aromatic rings. The molecule has 0 bridgehead atoms. The van der Waals surface area contributed by atoms with Gasteiger partial charge in [0.1, 0.15) is 11.5 Å². The largest absolute Gasteiger partial charge is 0.457 e. The van der Waals surface area contributed by atoms with Crippen LogP contribution in [0.5, 0.6) is 11.5 Å². The van der Waals surface area contributed by atoms with Crippen LogP contribution in [-0.2, 0) is 11.0 Å². The lowest BCUT2D eigenvalue weighted by molar-refractivity contribution is -0.137. The molecular formula is C29H27ClF3NO2. The van der Waals surface area contributed by atoms with E-state index in [1.54, 1.807) is 47.5 Å². The van der Waals surface area contributed by atoms with Crippen LogP contribution in [0, 0.1) is 5.41 Å². The number of allylic oxidation sites excluding steroid dienone is 2. The van der Waals surface area contributed by atoms with E-state index in [9.17, 15) is 13.2 Å². The Morgan fingerprint density at radius 1 is 0.972 bits per heavy atom. The van der Waals surface area contributed by atoms with Crippen molar-refractivity contribution in [3.05, 3.63) is 114 Å². The van der Waals surface area contributed by atoms with E-state index in [4.69, 9.17) is 21.2 Å². The van der Waals surface area contributed by atoms with E-state index in [2.05, 4.69) is 13.2 Å². The van der Waals surface area contributed by atoms with Crippen LogP contribution in [0.1, 0.15) is 36.4 Å². The van der Waals surface area contributed by atoms with Crippen molar-refractivity contribution < 1.29 is 22.7 Å². The lowest BCUT2D eigenvalue weighted by Gasteiger charge is -2.46. The van der Waals surface area contributed by atoms with Gasteiger partial charge >= 0.3 is 6.18 Å². The molecule has 1 aliphatic heterocycles. The molecule has 1 atom stereocenters. The molecule has 1 heterocycles. The smallest absolute Gasteiger partial charge is 0.416 e. The van der Waals surface area contributed by atoms with Crippen molar-refractivity contribution in [2.24, 2.45) is 5.41 Å². The fourth-order valence-corrected chi connectivity index (χ4v) is 4.68. The van der Waals surface area contributed by atoms with Gasteiger partial charge in [0.05, 0.1) is 23.9 Å². The zero-order chi connectivity index (χ0) is 25.8. The van der Waals surface area contributed by atoms with Gasteiger partial charge in [0, 0.05) is 10.4 Å². The Morgan fingerprint density at radius 3 is 2.17 bits per heavy atom. The summed E-state index contributed by atoms with van der Waals surface area (Å²) in [5.41, 5.74) is 0.252. The van der Waals surface area contributed by atoms with E-state index in [-0.39, 0.29) is 5.41 Å². The van der Waals surface area contributed by atoms with Crippen LogP contribution in [0.4, 0.5) is 18.9 Å². The van der Waals surface area contributed by atoms with Crippen molar-refractivity contribution >= 4 is 17.3 Å². The van der Waals surface area contributed by atoms with E-state index in [0.717, 1.165) is 6.07 Å². The summed E-state index contributed by atoms with van der Waals surface area (Å²) in [6.07, 6.45) is 1.13. The summed E-state index contributed by atoms with van der Waals surface area (Å²) in [6.45, 7) is 8.15. The zero-order valence-corrected chi connectivity index (χ0v) is 20.4. The fraction of sp³-hybridized carbons (Fsp3) is 0.241. The van der Waals surface area contributed by atoms with Crippen molar-refractivity contribution in [1.82, 2.24) is 0 Å². The highest BCUT2D eigenvalue weighted by Gasteiger charge is 2.41. The average molecular weight is 514 g/mol. The molecule has 36 heavy (non-hydrogen) atoms. The Labute approximate surface area is 214 Å². The Bertz CT molecular complexity index is 1180. The monoisotopic (exact) mass is 513 g/mol. The van der Waals surface area contributed by atoms with Crippen LogP contribution in [0.3, 0.4) is 0 Å². The van der Waals surface area contributed by atoms with E-state index < -0.39 is 17.8 Å². The van der Waals surface area contributed by atoms with Crippen molar-refractivity contribution in [2.75, 3.05) is 11.7 Å². The summed E-state index contributed by atoms with van der Waals surface area (Å²) in [5, 5.41) is 2.32. The molecule has 0 aliphatic carbocycles. The van der Waals surface area contributed by atoms with Crippen molar-refractivity contribution in [1.29, 1.82) is 0 Å². The SMILES string of the molecule is C=CCC1(CC=C)CON(c2ccc(Oc3ccc(Cl)cc3)cc2)[C@@H](c2cccc(C(F)(F)F)c2)C1. The van der Waals surface area contributed by atoms with Gasteiger partial charge in [-0.05, 0) is 85.5 Å². The quantitative estimate of drug-likeness (QED) is 0.280. The van der Waals surface area contributed by atoms with E-state index in [1.807, 2.05) is 24.3 Å². The lowest BCUT2D eigenvalue weighted by atomic mass is 9.74. The summed E-state index contributed by atoms with van der Waals surface area (Å²) in [5.74, 6) is 1.25. The minimum atomic E-state index is -4.43. The zero-order valence-electron chi connectivity index (χ0n) is 19.7. The first-order valence-corrected chi connectivity index (χ1v) is 12.0. The molecule has 4 rings (SSSR count). The molecule has 0 unspecified atom stereocenters. The number of ether oxygens (including phenoxy) is 1. The van der Waals surface area contributed by atoms with Crippen LogP contribution < -0.4 is 9.80 Å². The molecule has 0 radical (unpaired) electrons. The summed E-state index contributed by atoms with van der Waals surface area (Å²) >= 11 is 5.93. The van der Waals surface area contributed by atoms with Gasteiger partial charge < -0.3 is 4.74 Å².